The van der Waals surface area contributed by atoms with Crippen molar-refractivity contribution >= 4 is 5.96 Å². The summed E-state index contributed by atoms with van der Waals surface area (Å²) in [6.07, 6.45) is 1.14. The van der Waals surface area contributed by atoms with E-state index >= 15 is 0 Å². The van der Waals surface area contributed by atoms with Crippen LogP contribution < -0.4 is 10.6 Å². The monoisotopic (exact) mass is 304 g/mol. The second kappa shape index (κ2) is 11.1. The molecule has 22 heavy (non-hydrogen) atoms. The summed E-state index contributed by atoms with van der Waals surface area (Å²) in [5.41, 5.74) is 2.53. The molecule has 0 amide bonds. The summed E-state index contributed by atoms with van der Waals surface area (Å²) < 4.78 is 0. The van der Waals surface area contributed by atoms with Gasteiger partial charge in [0.2, 0.25) is 0 Å². The highest BCUT2D eigenvalue weighted by Gasteiger charge is 2.00. The molecule has 0 aliphatic carbocycles. The van der Waals surface area contributed by atoms with Crippen molar-refractivity contribution in [2.24, 2.45) is 4.99 Å². The molecule has 0 radical (unpaired) electrons. The summed E-state index contributed by atoms with van der Waals surface area (Å²) in [6.45, 7) is 14.6. The Hall–Kier alpha value is -1.55. The van der Waals surface area contributed by atoms with Gasteiger partial charge in [0, 0.05) is 13.1 Å². The zero-order valence-corrected chi connectivity index (χ0v) is 14.7. The van der Waals surface area contributed by atoms with E-state index in [0.29, 0.717) is 6.54 Å². The molecule has 0 saturated heterocycles. The van der Waals surface area contributed by atoms with E-state index in [-0.39, 0.29) is 0 Å². The van der Waals surface area contributed by atoms with Gasteiger partial charge in [-0.1, -0.05) is 43.7 Å². The summed E-state index contributed by atoms with van der Waals surface area (Å²) in [5, 5.41) is 6.73. The molecule has 0 saturated carbocycles. The van der Waals surface area contributed by atoms with Crippen LogP contribution in [-0.4, -0.2) is 43.6 Å². The topological polar surface area (TPSA) is 39.7 Å². The first-order chi connectivity index (χ1) is 10.7. The Labute approximate surface area is 136 Å². The van der Waals surface area contributed by atoms with Crippen LogP contribution in [0.3, 0.4) is 0 Å². The first-order valence-corrected chi connectivity index (χ1v) is 8.49. The van der Waals surface area contributed by atoms with E-state index < -0.39 is 0 Å². The lowest BCUT2D eigenvalue weighted by atomic mass is 10.1. The molecule has 1 rings (SSSR count). The molecule has 4 nitrogen and oxygen atoms in total. The Morgan fingerprint density at radius 1 is 1.14 bits per heavy atom. The molecular weight excluding hydrogens is 272 g/mol. The van der Waals surface area contributed by atoms with Crippen LogP contribution in [0, 0.1) is 6.92 Å². The number of hydrogen-bond acceptors (Lipinski definition) is 2. The molecule has 124 valence electrons. The lowest BCUT2D eigenvalue weighted by molar-refractivity contribution is 0.300. The number of nitrogens with one attached hydrogen (secondary N) is 2. The number of hydrogen-bond donors (Lipinski definition) is 2. The summed E-state index contributed by atoms with van der Waals surface area (Å²) in [4.78, 5) is 7.11. The van der Waals surface area contributed by atoms with Gasteiger partial charge in [0.1, 0.15) is 0 Å². The van der Waals surface area contributed by atoms with Crippen molar-refractivity contribution in [1.29, 1.82) is 0 Å². The second-order valence-electron chi connectivity index (χ2n) is 5.49. The average molecular weight is 304 g/mol. The molecular formula is C18H32N4. The molecule has 0 fully saturated rings. The number of nitrogens with zero attached hydrogens (tertiary/aromatic N) is 2. The first-order valence-electron chi connectivity index (χ1n) is 8.49. The lowest BCUT2D eigenvalue weighted by Gasteiger charge is -2.18. The lowest BCUT2D eigenvalue weighted by Crippen LogP contribution is -2.38. The van der Waals surface area contributed by atoms with Crippen molar-refractivity contribution < 1.29 is 0 Å². The molecule has 1 aromatic carbocycles. The van der Waals surface area contributed by atoms with Crippen molar-refractivity contribution in [1.82, 2.24) is 15.5 Å². The van der Waals surface area contributed by atoms with Crippen molar-refractivity contribution in [3.63, 3.8) is 0 Å². The van der Waals surface area contributed by atoms with E-state index in [1.54, 1.807) is 0 Å². The van der Waals surface area contributed by atoms with Crippen LogP contribution in [0.5, 0.6) is 0 Å². The summed E-state index contributed by atoms with van der Waals surface area (Å²) in [6, 6.07) is 8.52. The summed E-state index contributed by atoms with van der Waals surface area (Å²) in [7, 11) is 0. The number of rotatable bonds is 9. The molecule has 0 bridgehead atoms. The molecule has 0 aliphatic heterocycles. The van der Waals surface area contributed by atoms with Crippen molar-refractivity contribution in [3.8, 4) is 0 Å². The van der Waals surface area contributed by atoms with Crippen LogP contribution in [0.1, 0.15) is 38.3 Å². The minimum atomic E-state index is 0.715. The summed E-state index contributed by atoms with van der Waals surface area (Å²) in [5.74, 6) is 0.906. The SMILES string of the molecule is CCNC(=NCc1cccc(C)c1)NCCCN(CC)CC. The van der Waals surface area contributed by atoms with Gasteiger partial charge in [-0.3, -0.25) is 0 Å². The van der Waals surface area contributed by atoms with Gasteiger partial charge in [0.15, 0.2) is 5.96 Å². The minimum Gasteiger partial charge on any atom is -0.357 e. The Balaban J connectivity index is 2.42. The van der Waals surface area contributed by atoms with E-state index in [2.05, 4.69) is 72.5 Å². The molecule has 0 heterocycles. The van der Waals surface area contributed by atoms with Crippen LogP contribution in [0.15, 0.2) is 29.3 Å². The number of aryl methyl sites for hydroxylation is 1. The maximum absolute atomic E-state index is 4.66. The third-order valence-corrected chi connectivity index (χ3v) is 3.68. The Kier molecular flexibility index (Phi) is 9.31. The highest BCUT2D eigenvalue weighted by molar-refractivity contribution is 5.79. The fourth-order valence-corrected chi connectivity index (χ4v) is 2.37. The maximum Gasteiger partial charge on any atom is 0.191 e. The van der Waals surface area contributed by atoms with Gasteiger partial charge in [0.25, 0.3) is 0 Å². The maximum atomic E-state index is 4.66. The van der Waals surface area contributed by atoms with Gasteiger partial charge in [0.05, 0.1) is 6.54 Å². The van der Waals surface area contributed by atoms with Crippen LogP contribution in [0.25, 0.3) is 0 Å². The molecule has 0 unspecified atom stereocenters. The summed E-state index contributed by atoms with van der Waals surface area (Å²) >= 11 is 0. The number of aliphatic imine (C=N–C) groups is 1. The molecule has 2 N–H and O–H groups in total. The highest BCUT2D eigenvalue weighted by atomic mass is 15.2. The minimum absolute atomic E-state index is 0.715. The largest absolute Gasteiger partial charge is 0.357 e. The predicted molar refractivity (Wildman–Crippen MR) is 96.4 cm³/mol. The standard InChI is InChI=1S/C18H32N4/c1-5-19-18(20-12-9-13-22(6-2)7-3)21-15-17-11-8-10-16(4)14-17/h8,10-11,14H,5-7,9,12-13,15H2,1-4H3,(H2,19,20,21). The van der Waals surface area contributed by atoms with Gasteiger partial charge in [-0.25, -0.2) is 4.99 Å². The van der Waals surface area contributed by atoms with Gasteiger partial charge in [-0.15, -0.1) is 0 Å². The Bertz CT molecular complexity index is 438. The van der Waals surface area contributed by atoms with Gasteiger partial charge in [-0.2, -0.15) is 0 Å². The van der Waals surface area contributed by atoms with Crippen LogP contribution in [0.2, 0.25) is 0 Å². The number of guanidine groups is 1. The van der Waals surface area contributed by atoms with E-state index in [1.807, 2.05) is 0 Å². The van der Waals surface area contributed by atoms with Gasteiger partial charge in [-0.05, 0) is 45.5 Å². The van der Waals surface area contributed by atoms with E-state index in [1.165, 1.54) is 11.1 Å². The number of benzene rings is 1. The zero-order valence-electron chi connectivity index (χ0n) is 14.7. The molecule has 0 aromatic heterocycles. The second-order valence-corrected chi connectivity index (χ2v) is 5.49. The third-order valence-electron chi connectivity index (χ3n) is 3.68. The normalized spacial score (nSPS) is 11.8. The highest BCUT2D eigenvalue weighted by Crippen LogP contribution is 2.04. The fraction of sp³-hybridized carbons (Fsp3) is 0.611. The van der Waals surface area contributed by atoms with Crippen LogP contribution >= 0.6 is 0 Å². The molecule has 0 aliphatic rings. The third kappa shape index (κ3) is 7.46. The Morgan fingerprint density at radius 3 is 2.55 bits per heavy atom. The van der Waals surface area contributed by atoms with Crippen LogP contribution in [-0.2, 0) is 6.54 Å². The van der Waals surface area contributed by atoms with E-state index in [0.717, 1.165) is 45.1 Å². The van der Waals surface area contributed by atoms with Gasteiger partial charge >= 0.3 is 0 Å². The fourth-order valence-electron chi connectivity index (χ4n) is 2.37. The van der Waals surface area contributed by atoms with Crippen molar-refractivity contribution in [2.75, 3.05) is 32.7 Å². The van der Waals surface area contributed by atoms with Crippen molar-refractivity contribution in [2.45, 2.75) is 40.7 Å². The quantitative estimate of drug-likeness (QED) is 0.419. The molecule has 1 aromatic rings. The van der Waals surface area contributed by atoms with Gasteiger partial charge < -0.3 is 15.5 Å². The predicted octanol–water partition coefficient (Wildman–Crippen LogP) is 2.78. The van der Waals surface area contributed by atoms with E-state index in [4.69, 9.17) is 0 Å². The van der Waals surface area contributed by atoms with Crippen LogP contribution in [0.4, 0.5) is 0 Å². The van der Waals surface area contributed by atoms with Crippen molar-refractivity contribution in [3.05, 3.63) is 35.4 Å². The smallest absolute Gasteiger partial charge is 0.191 e. The van der Waals surface area contributed by atoms with E-state index in [9.17, 15) is 0 Å². The Morgan fingerprint density at radius 2 is 1.91 bits per heavy atom. The first kappa shape index (κ1) is 18.5. The average Bonchev–Trinajstić information content (AvgIpc) is 2.52. The molecule has 0 atom stereocenters. The molecule has 0 spiro atoms. The molecule has 4 heteroatoms. The zero-order chi connectivity index (χ0) is 16.2.